The van der Waals surface area contributed by atoms with E-state index in [9.17, 15) is 28.0 Å². The molecule has 3 atom stereocenters. The van der Waals surface area contributed by atoms with Crippen molar-refractivity contribution < 1.29 is 27.5 Å². The van der Waals surface area contributed by atoms with E-state index < -0.39 is 51.4 Å². The second kappa shape index (κ2) is 10.6. The van der Waals surface area contributed by atoms with Crippen molar-refractivity contribution in [2.75, 3.05) is 13.1 Å². The molecule has 198 valence electrons. The molecule has 1 N–H and O–H groups in total. The summed E-state index contributed by atoms with van der Waals surface area (Å²) in [5.41, 5.74) is 1.53. The Hall–Kier alpha value is -3.31. The molecule has 0 aliphatic carbocycles. The van der Waals surface area contributed by atoms with Crippen molar-refractivity contribution in [1.29, 1.82) is 0 Å². The summed E-state index contributed by atoms with van der Waals surface area (Å²) in [6, 6.07) is 8.69. The van der Waals surface area contributed by atoms with Crippen LogP contribution in [0.2, 0.25) is 0 Å². The normalized spacial score (nSPS) is 20.8. The van der Waals surface area contributed by atoms with Crippen LogP contribution in [0.25, 0.3) is 0 Å². The molecule has 2 fully saturated rings. The number of Topliss-reactive ketones (excluding diaryl/α,β-unsaturated/α-hetero) is 1. The minimum atomic E-state index is -4.25. The summed E-state index contributed by atoms with van der Waals surface area (Å²) in [6.07, 6.45) is 2.34. The van der Waals surface area contributed by atoms with E-state index in [-0.39, 0.29) is 23.6 Å². The third kappa shape index (κ3) is 5.10. The van der Waals surface area contributed by atoms with Crippen LogP contribution in [-0.2, 0) is 19.6 Å². The van der Waals surface area contributed by atoms with E-state index in [2.05, 4.69) is 19.2 Å². The molecule has 0 spiro atoms. The van der Waals surface area contributed by atoms with Gasteiger partial charge >= 0.3 is 15.0 Å². The smallest absolute Gasteiger partial charge is 0.323 e. The van der Waals surface area contributed by atoms with Crippen molar-refractivity contribution >= 4 is 27.6 Å². The molecule has 1 aromatic carbocycles. The predicted molar refractivity (Wildman–Crippen MR) is 135 cm³/mol. The lowest BCUT2D eigenvalue weighted by Gasteiger charge is -2.28. The first kappa shape index (κ1) is 26.7. The van der Waals surface area contributed by atoms with Crippen LogP contribution in [0.4, 0.5) is 0 Å². The van der Waals surface area contributed by atoms with Gasteiger partial charge in [0.15, 0.2) is 12.0 Å². The van der Waals surface area contributed by atoms with E-state index in [4.69, 9.17) is 0 Å². The number of nitrogens with zero attached hydrogens (tertiary/aromatic N) is 3. The fourth-order valence-corrected chi connectivity index (χ4v) is 6.73. The molecule has 2 aromatic rings. The summed E-state index contributed by atoms with van der Waals surface area (Å²) in [4.78, 5) is 40.9. The molecule has 2 amide bonds. The van der Waals surface area contributed by atoms with Crippen molar-refractivity contribution in [2.24, 2.45) is 0 Å². The van der Waals surface area contributed by atoms with Gasteiger partial charge in [0, 0.05) is 24.2 Å². The molecule has 11 heteroatoms. The van der Waals surface area contributed by atoms with Crippen LogP contribution >= 0.6 is 0 Å². The van der Waals surface area contributed by atoms with Crippen molar-refractivity contribution in [3.8, 4) is 0 Å². The fourth-order valence-electron chi connectivity index (χ4n) is 5.08. The van der Waals surface area contributed by atoms with Gasteiger partial charge in [-0.15, -0.1) is 0 Å². The summed E-state index contributed by atoms with van der Waals surface area (Å²) in [5.74, 6) is -0.877. The minimum absolute atomic E-state index is 0.178. The highest BCUT2D eigenvalue weighted by Gasteiger charge is 2.55. The van der Waals surface area contributed by atoms with Gasteiger partial charge in [-0.3, -0.25) is 14.4 Å². The first-order chi connectivity index (χ1) is 17.6. The molecular formula is C26H32N4O6S. The monoisotopic (exact) mass is 528 g/mol. The maximum Gasteiger partial charge on any atom is 0.323 e. The van der Waals surface area contributed by atoms with E-state index in [1.165, 1.54) is 23.1 Å². The number of hydrogen-bond acceptors (Lipinski definition) is 6. The van der Waals surface area contributed by atoms with Crippen LogP contribution in [0.3, 0.4) is 0 Å². The van der Waals surface area contributed by atoms with E-state index in [0.717, 1.165) is 16.1 Å². The molecule has 10 nitrogen and oxygen atoms in total. The Morgan fingerprint density at radius 1 is 1.16 bits per heavy atom. The molecule has 0 bridgehead atoms. The zero-order valence-electron chi connectivity index (χ0n) is 21.2. The molecule has 3 heterocycles. The standard InChI is InChI=1S/C26H32N4O6S/c1-4-7-20(27-25(32)19-11-9-18(10-12-19)17(2)3)26(33)28-15-13-21-24(28)22(31)16-30(21)37(35,36)23-8-5-6-14-29(23)34/h5-6,8-12,14,17,20-21,24H,4,7,13,15-16H2,1-3H3,(H,27,32). The Kier molecular flexibility index (Phi) is 7.65. The number of amides is 2. The average Bonchev–Trinajstić information content (AvgIpc) is 3.45. The number of nitrogens with one attached hydrogen (secondary N) is 1. The summed E-state index contributed by atoms with van der Waals surface area (Å²) in [5, 5.41) is 14.5. The molecule has 3 unspecified atom stereocenters. The number of aromatic nitrogens is 1. The van der Waals surface area contributed by atoms with Gasteiger partial charge < -0.3 is 15.4 Å². The Balaban J connectivity index is 1.52. The van der Waals surface area contributed by atoms with Crippen molar-refractivity contribution in [3.63, 3.8) is 0 Å². The van der Waals surface area contributed by atoms with Gasteiger partial charge in [-0.2, -0.15) is 9.04 Å². The lowest BCUT2D eigenvalue weighted by atomic mass is 10.0. The van der Waals surface area contributed by atoms with Crippen LogP contribution in [0, 0.1) is 5.21 Å². The average molecular weight is 529 g/mol. The van der Waals surface area contributed by atoms with E-state index in [1.807, 2.05) is 19.1 Å². The van der Waals surface area contributed by atoms with Crippen molar-refractivity contribution in [3.05, 3.63) is 65.0 Å². The number of pyridine rings is 1. The predicted octanol–water partition coefficient (Wildman–Crippen LogP) is 1.59. The number of hydrogen-bond donors (Lipinski definition) is 1. The molecule has 0 radical (unpaired) electrons. The van der Waals surface area contributed by atoms with Crippen molar-refractivity contribution in [1.82, 2.24) is 14.5 Å². The second-order valence-corrected chi connectivity index (χ2v) is 11.6. The lowest BCUT2D eigenvalue weighted by Crippen LogP contribution is -2.52. The summed E-state index contributed by atoms with van der Waals surface area (Å²) < 4.78 is 27.7. The van der Waals surface area contributed by atoms with Crippen LogP contribution in [0.5, 0.6) is 0 Å². The molecule has 1 aromatic heterocycles. The molecule has 2 aliphatic rings. The number of fused-ring (bicyclic) bond motifs is 1. The highest BCUT2D eigenvalue weighted by molar-refractivity contribution is 7.89. The van der Waals surface area contributed by atoms with Gasteiger partial charge in [0.2, 0.25) is 5.91 Å². The topological polar surface area (TPSA) is 131 Å². The Morgan fingerprint density at radius 3 is 2.49 bits per heavy atom. The lowest BCUT2D eigenvalue weighted by molar-refractivity contribution is -0.646. The highest BCUT2D eigenvalue weighted by Crippen LogP contribution is 2.34. The zero-order valence-corrected chi connectivity index (χ0v) is 22.0. The highest BCUT2D eigenvalue weighted by atomic mass is 32.2. The van der Waals surface area contributed by atoms with Crippen LogP contribution in [0.15, 0.2) is 53.7 Å². The molecule has 37 heavy (non-hydrogen) atoms. The minimum Gasteiger partial charge on any atom is -0.618 e. The number of rotatable bonds is 8. The third-order valence-corrected chi connectivity index (χ3v) is 8.90. The first-order valence-electron chi connectivity index (χ1n) is 12.5. The second-order valence-electron chi connectivity index (χ2n) is 9.81. The Morgan fingerprint density at radius 2 is 1.86 bits per heavy atom. The van der Waals surface area contributed by atoms with Crippen LogP contribution in [-0.4, -0.2) is 66.4 Å². The van der Waals surface area contributed by atoms with Gasteiger partial charge in [-0.25, -0.2) is 8.42 Å². The van der Waals surface area contributed by atoms with E-state index >= 15 is 0 Å². The first-order valence-corrected chi connectivity index (χ1v) is 13.9. The molecular weight excluding hydrogens is 496 g/mol. The summed E-state index contributed by atoms with van der Waals surface area (Å²) in [6.45, 7) is 5.77. The molecule has 4 rings (SSSR count). The molecule has 2 saturated heterocycles. The quantitative estimate of drug-likeness (QED) is 0.409. The van der Waals surface area contributed by atoms with E-state index in [1.54, 1.807) is 12.1 Å². The number of likely N-dealkylation sites (tertiary alicyclic amines) is 1. The maximum absolute atomic E-state index is 13.6. The maximum atomic E-state index is 13.6. The third-order valence-electron chi connectivity index (χ3n) is 7.04. The van der Waals surface area contributed by atoms with Gasteiger partial charge in [-0.05, 0) is 42.5 Å². The summed E-state index contributed by atoms with van der Waals surface area (Å²) in [7, 11) is -4.25. The van der Waals surface area contributed by atoms with Gasteiger partial charge in [0.05, 0.1) is 12.6 Å². The zero-order chi connectivity index (χ0) is 26.9. The molecule has 2 aliphatic heterocycles. The number of ketones is 1. The summed E-state index contributed by atoms with van der Waals surface area (Å²) >= 11 is 0. The number of sulfonamides is 1. The largest absolute Gasteiger partial charge is 0.618 e. The Labute approximate surface area is 216 Å². The van der Waals surface area contributed by atoms with Crippen LogP contribution in [0.1, 0.15) is 61.9 Å². The van der Waals surface area contributed by atoms with Crippen molar-refractivity contribution in [2.45, 2.75) is 69.1 Å². The number of carbonyl (C=O) groups is 3. The number of benzene rings is 1. The Bertz CT molecular complexity index is 1290. The van der Waals surface area contributed by atoms with Gasteiger partial charge in [-0.1, -0.05) is 39.3 Å². The number of carbonyl (C=O) groups excluding carboxylic acids is 3. The van der Waals surface area contributed by atoms with Crippen LogP contribution < -0.4 is 10.0 Å². The van der Waals surface area contributed by atoms with Gasteiger partial charge in [0.25, 0.3) is 5.91 Å². The SMILES string of the molecule is CCCC(NC(=O)c1ccc(C(C)C)cc1)C(=O)N1CCC2C1C(=O)CN2S(=O)(=O)c1cccc[n+]1[O-]. The molecule has 0 saturated carbocycles. The fraction of sp³-hybridized carbons (Fsp3) is 0.462. The van der Waals surface area contributed by atoms with Gasteiger partial charge in [0.1, 0.15) is 12.1 Å². The van der Waals surface area contributed by atoms with E-state index in [0.29, 0.717) is 24.3 Å².